The van der Waals surface area contributed by atoms with Crippen LogP contribution in [0.3, 0.4) is 0 Å². The minimum absolute atomic E-state index is 0.0470. The zero-order valence-electron chi connectivity index (χ0n) is 19.7. The molecule has 11 heteroatoms. The van der Waals surface area contributed by atoms with Crippen molar-refractivity contribution < 1.29 is 23.5 Å². The number of pyridine rings is 1. The van der Waals surface area contributed by atoms with Gasteiger partial charge < -0.3 is 19.5 Å². The summed E-state index contributed by atoms with van der Waals surface area (Å²) in [5.41, 5.74) is -0.492. The van der Waals surface area contributed by atoms with Crippen molar-refractivity contribution >= 4 is 23.2 Å². The third-order valence-electron chi connectivity index (χ3n) is 6.54. The van der Waals surface area contributed by atoms with E-state index in [1.807, 2.05) is 0 Å². The van der Waals surface area contributed by atoms with Crippen molar-refractivity contribution in [2.75, 3.05) is 20.6 Å². The molecule has 1 N–H and O–H groups in total. The number of aromatic nitrogens is 2. The van der Waals surface area contributed by atoms with Crippen molar-refractivity contribution in [2.45, 2.75) is 37.8 Å². The number of benzene rings is 1. The smallest absolute Gasteiger partial charge is 0.274 e. The molecule has 1 saturated carbocycles. The van der Waals surface area contributed by atoms with Crippen molar-refractivity contribution in [2.24, 2.45) is 0 Å². The lowest BCUT2D eigenvalue weighted by atomic mass is 10.0. The Morgan fingerprint density at radius 3 is 2.67 bits per heavy atom. The molecule has 1 atom stereocenters. The van der Waals surface area contributed by atoms with E-state index in [0.29, 0.717) is 11.4 Å². The SMILES string of the molecule is CN(C)C(=O)CC1CN(C2CC2)C(=O)c2c(O)c(=O)c(-c3ncc(Cc4ccc(F)cc4F)s3)cn21. The van der Waals surface area contributed by atoms with Crippen LogP contribution >= 0.6 is 11.3 Å². The predicted octanol–water partition coefficient (Wildman–Crippen LogP) is 3.18. The average Bonchev–Trinajstić information content (AvgIpc) is 3.57. The van der Waals surface area contributed by atoms with Crippen molar-refractivity contribution in [3.63, 3.8) is 0 Å². The Hall–Kier alpha value is -3.60. The lowest BCUT2D eigenvalue weighted by Gasteiger charge is -2.36. The normalized spacial score (nSPS) is 17.3. The summed E-state index contributed by atoms with van der Waals surface area (Å²) in [5.74, 6) is -2.60. The van der Waals surface area contributed by atoms with E-state index in [9.17, 15) is 28.3 Å². The molecule has 1 aliphatic carbocycles. The molecule has 0 spiro atoms. The molecule has 0 saturated heterocycles. The number of amides is 2. The van der Waals surface area contributed by atoms with Crippen molar-refractivity contribution in [3.8, 4) is 16.3 Å². The van der Waals surface area contributed by atoms with Crippen LogP contribution in [-0.4, -0.2) is 63.0 Å². The second kappa shape index (κ2) is 9.12. The first-order valence-corrected chi connectivity index (χ1v) is 12.3. The molecule has 1 aromatic carbocycles. The minimum atomic E-state index is -0.737. The van der Waals surface area contributed by atoms with Crippen LogP contribution in [0.1, 0.15) is 46.2 Å². The molecule has 188 valence electrons. The highest BCUT2D eigenvalue weighted by molar-refractivity contribution is 7.15. The van der Waals surface area contributed by atoms with E-state index < -0.39 is 34.8 Å². The van der Waals surface area contributed by atoms with E-state index >= 15 is 0 Å². The van der Waals surface area contributed by atoms with Gasteiger partial charge in [0.15, 0.2) is 11.4 Å². The number of thiazole rings is 1. The molecule has 1 aliphatic heterocycles. The van der Waals surface area contributed by atoms with Crippen LogP contribution in [0.5, 0.6) is 5.75 Å². The molecule has 2 aliphatic rings. The second-order valence-electron chi connectivity index (χ2n) is 9.36. The van der Waals surface area contributed by atoms with E-state index in [2.05, 4.69) is 4.98 Å². The zero-order valence-corrected chi connectivity index (χ0v) is 20.5. The average molecular weight is 515 g/mol. The molecule has 36 heavy (non-hydrogen) atoms. The largest absolute Gasteiger partial charge is 0.503 e. The highest BCUT2D eigenvalue weighted by atomic mass is 32.1. The van der Waals surface area contributed by atoms with Gasteiger partial charge in [0.2, 0.25) is 11.3 Å². The first-order valence-electron chi connectivity index (χ1n) is 11.5. The number of carbonyl (C=O) groups excluding carboxylic acids is 2. The Kier molecular flexibility index (Phi) is 6.11. The van der Waals surface area contributed by atoms with E-state index in [1.165, 1.54) is 34.0 Å². The van der Waals surface area contributed by atoms with Crippen LogP contribution < -0.4 is 5.43 Å². The fourth-order valence-electron chi connectivity index (χ4n) is 4.42. The summed E-state index contributed by atoms with van der Waals surface area (Å²) in [4.78, 5) is 46.9. The van der Waals surface area contributed by atoms with Gasteiger partial charge in [-0.3, -0.25) is 14.4 Å². The van der Waals surface area contributed by atoms with Gasteiger partial charge in [-0.05, 0) is 24.5 Å². The second-order valence-corrected chi connectivity index (χ2v) is 10.5. The van der Waals surface area contributed by atoms with Gasteiger partial charge in [-0.15, -0.1) is 11.3 Å². The topological polar surface area (TPSA) is 95.7 Å². The number of aromatic hydroxyl groups is 1. The lowest BCUT2D eigenvalue weighted by molar-refractivity contribution is -0.129. The third kappa shape index (κ3) is 4.39. The van der Waals surface area contributed by atoms with Crippen molar-refractivity contribution in [1.29, 1.82) is 0 Å². The quantitative estimate of drug-likeness (QED) is 0.545. The first-order chi connectivity index (χ1) is 17.1. The standard InChI is InChI=1S/C25H24F2N4O4S/c1-29(2)20(32)9-16-11-31(15-5-6-15)25(35)21-23(34)22(33)18(12-30(16)21)24-28-10-17(36-24)7-13-3-4-14(26)8-19(13)27/h3-4,8,10,12,15-16,34H,5-7,9,11H2,1-2H3. The Morgan fingerprint density at radius 1 is 1.25 bits per heavy atom. The van der Waals surface area contributed by atoms with Gasteiger partial charge in [-0.1, -0.05) is 6.07 Å². The Bertz CT molecular complexity index is 1430. The molecule has 3 heterocycles. The van der Waals surface area contributed by atoms with E-state index in [4.69, 9.17) is 0 Å². The predicted molar refractivity (Wildman–Crippen MR) is 129 cm³/mol. The van der Waals surface area contributed by atoms with Crippen LogP contribution in [0.4, 0.5) is 8.78 Å². The summed E-state index contributed by atoms with van der Waals surface area (Å²) in [6.07, 6.45) is 4.91. The Morgan fingerprint density at radius 2 is 2.00 bits per heavy atom. The molecule has 5 rings (SSSR count). The fourth-order valence-corrected chi connectivity index (χ4v) is 5.36. The van der Waals surface area contributed by atoms with Gasteiger partial charge in [0.05, 0.1) is 11.6 Å². The van der Waals surface area contributed by atoms with Crippen LogP contribution in [0, 0.1) is 11.6 Å². The zero-order chi connectivity index (χ0) is 25.7. The number of halogens is 2. The number of carbonyl (C=O) groups is 2. The van der Waals surface area contributed by atoms with Crippen LogP contribution in [0.15, 0.2) is 35.4 Å². The monoisotopic (exact) mass is 514 g/mol. The Labute approximate surface area is 209 Å². The summed E-state index contributed by atoms with van der Waals surface area (Å²) >= 11 is 1.14. The maximum absolute atomic E-state index is 14.1. The van der Waals surface area contributed by atoms with Crippen LogP contribution in [0.25, 0.3) is 10.6 Å². The number of rotatable bonds is 6. The Balaban J connectivity index is 1.54. The third-order valence-corrected chi connectivity index (χ3v) is 7.57. The summed E-state index contributed by atoms with van der Waals surface area (Å²) < 4.78 is 28.8. The molecule has 0 bridgehead atoms. The van der Waals surface area contributed by atoms with Gasteiger partial charge >= 0.3 is 0 Å². The van der Waals surface area contributed by atoms with Crippen molar-refractivity contribution in [1.82, 2.24) is 19.4 Å². The summed E-state index contributed by atoms with van der Waals surface area (Å²) in [6, 6.07) is 2.91. The van der Waals surface area contributed by atoms with Gasteiger partial charge in [0.1, 0.15) is 16.6 Å². The summed E-state index contributed by atoms with van der Waals surface area (Å²) in [7, 11) is 3.29. The number of nitrogens with zero attached hydrogens (tertiary/aromatic N) is 4. The molecular weight excluding hydrogens is 490 g/mol. The van der Waals surface area contributed by atoms with E-state index in [1.54, 1.807) is 19.0 Å². The molecule has 8 nitrogen and oxygen atoms in total. The van der Waals surface area contributed by atoms with E-state index in [0.717, 1.165) is 30.2 Å². The fraction of sp³-hybridized carbons (Fsp3) is 0.360. The van der Waals surface area contributed by atoms with Crippen LogP contribution in [0.2, 0.25) is 0 Å². The van der Waals surface area contributed by atoms with Crippen molar-refractivity contribution in [3.05, 3.63) is 68.6 Å². The van der Waals surface area contributed by atoms with Crippen LogP contribution in [-0.2, 0) is 11.2 Å². The summed E-state index contributed by atoms with van der Waals surface area (Å²) in [6.45, 7) is 0.296. The molecule has 1 unspecified atom stereocenters. The molecule has 2 amide bonds. The molecule has 3 aromatic rings. The maximum atomic E-state index is 14.1. The highest BCUT2D eigenvalue weighted by Gasteiger charge is 2.42. The highest BCUT2D eigenvalue weighted by Crippen LogP contribution is 2.37. The molecule has 0 radical (unpaired) electrons. The lowest BCUT2D eigenvalue weighted by Crippen LogP contribution is -2.46. The number of hydrogen-bond donors (Lipinski definition) is 1. The molecule has 2 aromatic heterocycles. The van der Waals surface area contributed by atoms with E-state index in [-0.39, 0.29) is 46.6 Å². The van der Waals surface area contributed by atoms with Gasteiger partial charge in [-0.2, -0.15) is 0 Å². The van der Waals surface area contributed by atoms with Gasteiger partial charge in [0, 0.05) is 62.9 Å². The molecular formula is C25H24F2N4O4S. The first kappa shape index (κ1) is 24.1. The number of hydrogen-bond acceptors (Lipinski definition) is 6. The summed E-state index contributed by atoms with van der Waals surface area (Å²) in [5, 5.41) is 11.1. The minimum Gasteiger partial charge on any atom is -0.503 e. The van der Waals surface area contributed by atoms with Gasteiger partial charge in [-0.25, -0.2) is 13.8 Å². The molecule has 1 fully saturated rings. The van der Waals surface area contributed by atoms with Gasteiger partial charge in [0.25, 0.3) is 5.91 Å². The number of fused-ring (bicyclic) bond motifs is 1. The maximum Gasteiger partial charge on any atom is 0.274 e.